The highest BCUT2D eigenvalue weighted by molar-refractivity contribution is 7.89. The highest BCUT2D eigenvalue weighted by Crippen LogP contribution is 2.25. The smallest absolute Gasteiger partial charge is 0.240 e. The zero-order valence-electron chi connectivity index (χ0n) is 17.6. The largest absolute Gasteiger partial charge is 0.492 e. The van der Waals surface area contributed by atoms with Crippen molar-refractivity contribution >= 4 is 10.0 Å². The third-order valence-electron chi connectivity index (χ3n) is 5.34. The third kappa shape index (κ3) is 6.29. The van der Waals surface area contributed by atoms with Crippen molar-refractivity contribution in [2.45, 2.75) is 50.0 Å². The number of nitrogens with zero attached hydrogens (tertiary/aromatic N) is 1. The van der Waals surface area contributed by atoms with Crippen molar-refractivity contribution in [1.82, 2.24) is 9.62 Å². The topological polar surface area (TPSA) is 58.6 Å². The minimum Gasteiger partial charge on any atom is -0.492 e. The number of benzene rings is 2. The maximum Gasteiger partial charge on any atom is 0.240 e. The molecule has 3 rings (SSSR count). The number of sulfonamides is 1. The summed E-state index contributed by atoms with van der Waals surface area (Å²) < 4.78 is 33.7. The Hall–Kier alpha value is -1.89. The van der Waals surface area contributed by atoms with E-state index in [1.807, 2.05) is 18.2 Å². The fourth-order valence-electron chi connectivity index (χ4n) is 3.51. The second-order valence-electron chi connectivity index (χ2n) is 8.68. The van der Waals surface area contributed by atoms with Crippen LogP contribution in [0, 0.1) is 0 Å². The Labute approximate surface area is 175 Å². The molecule has 1 N–H and O–H groups in total. The number of rotatable bonds is 7. The maximum absolute atomic E-state index is 12.5. The van der Waals surface area contributed by atoms with Crippen LogP contribution in [0.4, 0.5) is 0 Å². The molecule has 6 heteroatoms. The van der Waals surface area contributed by atoms with Crippen LogP contribution in [0.1, 0.15) is 39.2 Å². The van der Waals surface area contributed by atoms with Crippen LogP contribution in [0.2, 0.25) is 0 Å². The number of ether oxygens (including phenoxy) is 1. The summed E-state index contributed by atoms with van der Waals surface area (Å²) in [5.74, 6) is 0.905. The van der Waals surface area contributed by atoms with Crippen LogP contribution in [0.15, 0.2) is 59.5 Å². The molecule has 1 aliphatic rings. The molecule has 0 amide bonds. The maximum atomic E-state index is 12.5. The molecule has 1 fully saturated rings. The molecule has 5 nitrogen and oxygen atoms in total. The first-order valence-electron chi connectivity index (χ1n) is 10.3. The monoisotopic (exact) mass is 416 g/mol. The zero-order chi connectivity index (χ0) is 20.9. The lowest BCUT2D eigenvalue weighted by atomic mass is 9.87. The summed E-state index contributed by atoms with van der Waals surface area (Å²) >= 11 is 0. The molecule has 1 heterocycles. The number of hydrogen-bond acceptors (Lipinski definition) is 4. The average molecular weight is 417 g/mol. The van der Waals surface area contributed by atoms with Crippen LogP contribution in [0.3, 0.4) is 0 Å². The molecule has 0 radical (unpaired) electrons. The van der Waals surface area contributed by atoms with E-state index in [2.05, 4.69) is 42.5 Å². The van der Waals surface area contributed by atoms with Crippen LogP contribution >= 0.6 is 0 Å². The summed E-state index contributed by atoms with van der Waals surface area (Å²) in [6.45, 7) is 9.81. The molecule has 2 aromatic carbocycles. The number of piperidine rings is 1. The van der Waals surface area contributed by atoms with E-state index < -0.39 is 10.0 Å². The van der Waals surface area contributed by atoms with E-state index in [0.29, 0.717) is 11.5 Å². The molecule has 158 valence electrons. The quantitative estimate of drug-likeness (QED) is 0.746. The average Bonchev–Trinajstić information content (AvgIpc) is 2.69. The van der Waals surface area contributed by atoms with Gasteiger partial charge in [-0.1, -0.05) is 51.1 Å². The van der Waals surface area contributed by atoms with Crippen LogP contribution < -0.4 is 9.46 Å². The van der Waals surface area contributed by atoms with Crippen molar-refractivity contribution in [3.05, 3.63) is 60.2 Å². The molecule has 1 saturated heterocycles. The first-order chi connectivity index (χ1) is 13.7. The molecule has 2 aromatic rings. The minimum atomic E-state index is -3.44. The van der Waals surface area contributed by atoms with E-state index in [0.717, 1.165) is 38.2 Å². The Morgan fingerprint density at radius 2 is 1.72 bits per heavy atom. The van der Waals surface area contributed by atoms with Crippen LogP contribution in [0.25, 0.3) is 0 Å². The van der Waals surface area contributed by atoms with Gasteiger partial charge >= 0.3 is 0 Å². The van der Waals surface area contributed by atoms with Gasteiger partial charge in [0.05, 0.1) is 4.90 Å². The summed E-state index contributed by atoms with van der Waals surface area (Å²) in [6.07, 6.45) is 1.62. The molecule has 0 aliphatic carbocycles. The first kappa shape index (κ1) is 21.8. The highest BCUT2D eigenvalue weighted by atomic mass is 32.2. The van der Waals surface area contributed by atoms with Gasteiger partial charge in [-0.05, 0) is 61.2 Å². The second kappa shape index (κ2) is 9.28. The Morgan fingerprint density at radius 3 is 2.38 bits per heavy atom. The highest BCUT2D eigenvalue weighted by Gasteiger charge is 2.24. The predicted molar refractivity (Wildman–Crippen MR) is 117 cm³/mol. The molecule has 0 spiro atoms. The summed E-state index contributed by atoms with van der Waals surface area (Å²) in [7, 11) is -3.44. The standard InChI is InChI=1S/C23H32N2O3S/c1-23(2,3)19-8-7-9-21(18-19)28-17-16-25-14-12-20(13-15-25)24-29(26,27)22-10-5-4-6-11-22/h4-11,18,20,24H,12-17H2,1-3H3. The third-order valence-corrected chi connectivity index (χ3v) is 6.88. The molecule has 0 bridgehead atoms. The molecule has 0 unspecified atom stereocenters. The molecule has 1 aliphatic heterocycles. The van der Waals surface area contributed by atoms with Crippen molar-refractivity contribution < 1.29 is 13.2 Å². The van der Waals surface area contributed by atoms with E-state index >= 15 is 0 Å². The van der Waals surface area contributed by atoms with Gasteiger partial charge in [0.2, 0.25) is 10.0 Å². The lowest BCUT2D eigenvalue weighted by molar-refractivity contribution is 0.170. The molecule has 0 aromatic heterocycles. The van der Waals surface area contributed by atoms with Crippen molar-refractivity contribution in [3.8, 4) is 5.75 Å². The number of nitrogens with one attached hydrogen (secondary N) is 1. The van der Waals surface area contributed by atoms with Gasteiger partial charge in [0.15, 0.2) is 0 Å². The first-order valence-corrected chi connectivity index (χ1v) is 11.8. The number of likely N-dealkylation sites (tertiary alicyclic amines) is 1. The molecular formula is C23H32N2O3S. The fraction of sp³-hybridized carbons (Fsp3) is 0.478. The van der Waals surface area contributed by atoms with E-state index in [9.17, 15) is 8.42 Å². The lowest BCUT2D eigenvalue weighted by Crippen LogP contribution is -2.45. The Bertz CT molecular complexity index is 884. The summed E-state index contributed by atoms with van der Waals surface area (Å²) in [5.41, 5.74) is 1.37. The zero-order valence-corrected chi connectivity index (χ0v) is 18.4. The fourth-order valence-corrected chi connectivity index (χ4v) is 4.83. The van der Waals surface area contributed by atoms with Crippen LogP contribution in [-0.2, 0) is 15.4 Å². The van der Waals surface area contributed by atoms with Crippen molar-refractivity contribution in [3.63, 3.8) is 0 Å². The van der Waals surface area contributed by atoms with E-state index in [4.69, 9.17) is 4.74 Å². The van der Waals surface area contributed by atoms with Gasteiger partial charge in [0.1, 0.15) is 12.4 Å². The van der Waals surface area contributed by atoms with Gasteiger partial charge in [0.25, 0.3) is 0 Å². The Kier molecular flexibility index (Phi) is 6.98. The molecule has 29 heavy (non-hydrogen) atoms. The van der Waals surface area contributed by atoms with Crippen molar-refractivity contribution in [2.75, 3.05) is 26.2 Å². The van der Waals surface area contributed by atoms with Crippen LogP contribution in [0.5, 0.6) is 5.75 Å². The SMILES string of the molecule is CC(C)(C)c1cccc(OCCN2CCC(NS(=O)(=O)c3ccccc3)CC2)c1. The van der Waals surface area contributed by atoms with Gasteiger partial charge in [-0.25, -0.2) is 13.1 Å². The van der Waals surface area contributed by atoms with Crippen LogP contribution in [-0.4, -0.2) is 45.6 Å². The normalized spacial score (nSPS) is 16.7. The Balaban J connectivity index is 1.43. The van der Waals surface area contributed by atoms with Gasteiger partial charge in [-0.3, -0.25) is 4.90 Å². The van der Waals surface area contributed by atoms with Gasteiger partial charge in [-0.15, -0.1) is 0 Å². The molecule has 0 saturated carbocycles. The number of hydrogen-bond donors (Lipinski definition) is 1. The summed E-state index contributed by atoms with van der Waals surface area (Å²) in [4.78, 5) is 2.66. The molecule has 0 atom stereocenters. The lowest BCUT2D eigenvalue weighted by Gasteiger charge is -2.32. The Morgan fingerprint density at radius 1 is 1.03 bits per heavy atom. The summed E-state index contributed by atoms with van der Waals surface area (Å²) in [6, 6.07) is 16.8. The van der Waals surface area contributed by atoms with Gasteiger partial charge in [0, 0.05) is 12.6 Å². The van der Waals surface area contributed by atoms with Gasteiger partial charge in [-0.2, -0.15) is 0 Å². The van der Waals surface area contributed by atoms with E-state index in [1.54, 1.807) is 24.3 Å². The van der Waals surface area contributed by atoms with Crippen molar-refractivity contribution in [2.24, 2.45) is 0 Å². The molecular weight excluding hydrogens is 384 g/mol. The van der Waals surface area contributed by atoms with Crippen molar-refractivity contribution in [1.29, 1.82) is 0 Å². The van der Waals surface area contributed by atoms with E-state index in [1.165, 1.54) is 5.56 Å². The second-order valence-corrected chi connectivity index (χ2v) is 10.4. The van der Waals surface area contributed by atoms with Gasteiger partial charge < -0.3 is 4.74 Å². The van der Waals surface area contributed by atoms with E-state index in [-0.39, 0.29) is 11.5 Å². The predicted octanol–water partition coefficient (Wildman–Crippen LogP) is 3.81. The minimum absolute atomic E-state index is 0.0131. The summed E-state index contributed by atoms with van der Waals surface area (Å²) in [5, 5.41) is 0.